The Morgan fingerprint density at radius 3 is 0.940 bits per heavy atom. The maximum atomic E-state index is 8.02. The number of fused-ring (bicyclic) bond motifs is 8. The van der Waals surface area contributed by atoms with Gasteiger partial charge in [-0.3, -0.25) is 0 Å². The lowest BCUT2D eigenvalue weighted by atomic mass is 9.31. The summed E-state index contributed by atoms with van der Waals surface area (Å²) in [6, 6.07) is 121. The molecule has 0 N–H and O–H groups in total. The van der Waals surface area contributed by atoms with Crippen molar-refractivity contribution in [3.8, 4) is 112 Å². The second-order valence-electron chi connectivity index (χ2n) is 27.4. The van der Waals surface area contributed by atoms with Crippen LogP contribution in [0.2, 0.25) is 0 Å². The van der Waals surface area contributed by atoms with Crippen molar-refractivity contribution in [2.75, 3.05) is 9.80 Å². The largest absolute Gasteiger partial charge is 0.458 e. The number of rotatable bonds is 10. The van der Waals surface area contributed by atoms with Crippen LogP contribution in [0, 0.1) is 27.7 Å². The van der Waals surface area contributed by atoms with Gasteiger partial charge in [-0.1, -0.05) is 307 Å². The molecule has 0 saturated carbocycles. The molecule has 0 aromatic heterocycles. The van der Waals surface area contributed by atoms with Crippen LogP contribution in [0.15, 0.2) is 328 Å². The van der Waals surface area contributed by atoms with E-state index >= 15 is 0 Å². The summed E-state index contributed by atoms with van der Waals surface area (Å²) in [5, 5.41) is 0. The monoisotopic (exact) mass is 1280 g/mol. The molecule has 0 fully saturated rings. The van der Waals surface area contributed by atoms with E-state index in [2.05, 4.69) is 365 Å². The van der Waals surface area contributed by atoms with Gasteiger partial charge in [-0.25, -0.2) is 0 Å². The Kier molecular flexibility index (Phi) is 14.0. The van der Waals surface area contributed by atoms with E-state index in [4.69, 9.17) is 9.47 Å². The average Bonchev–Trinajstić information content (AvgIpc) is 0.690. The third kappa shape index (κ3) is 9.84. The van der Waals surface area contributed by atoms with Crippen molar-refractivity contribution < 1.29 is 9.47 Å². The van der Waals surface area contributed by atoms with E-state index in [0.717, 1.165) is 173 Å². The molecule has 0 radical (unpaired) electrons. The Bertz CT molecular complexity index is 5630. The fourth-order valence-electron chi connectivity index (χ4n) is 16.7. The van der Waals surface area contributed by atoms with Crippen LogP contribution in [0.4, 0.5) is 34.1 Å². The smallest absolute Gasteiger partial charge is 0.256 e. The van der Waals surface area contributed by atoms with E-state index in [9.17, 15) is 0 Å². The molecule has 0 aliphatic carbocycles. The predicted octanol–water partition coefficient (Wildman–Crippen LogP) is 21.1. The molecule has 15 aromatic rings. The standard InChI is InChI=1S/C94H66B2N2O2/c1-59-45-60(2)48-71(47-59)73-52-85-91-89(55-73)100-88-58-84-81(57-82(88)95(91)79-43-41-69(63-25-11-5-12-26-63)51-83(79)97(85)93-75(65-29-15-7-16-30-65)37-23-38-76(93)66-31-17-8-18-32-66)96-80-44-42-70(64-27-13-6-14-28-64)54-87(80)99-90-56-74(72-49-61(3)46-62(4)50-72)53-86(92(90)96)98(84)94-77(67-33-19-9-20-34-67)39-24-40-78(94)68-35-21-10-22-36-68/h5-58H,1-4H3. The summed E-state index contributed by atoms with van der Waals surface area (Å²) in [6.07, 6.45) is 0. The van der Waals surface area contributed by atoms with Gasteiger partial charge >= 0.3 is 0 Å². The van der Waals surface area contributed by atoms with Crippen LogP contribution in [-0.4, -0.2) is 13.4 Å². The van der Waals surface area contributed by atoms with Crippen molar-refractivity contribution in [3.05, 3.63) is 350 Å². The summed E-state index contributed by atoms with van der Waals surface area (Å²) in [7, 11) is 0. The first-order valence-electron chi connectivity index (χ1n) is 34.7. The van der Waals surface area contributed by atoms with Crippen molar-refractivity contribution in [2.24, 2.45) is 0 Å². The number of benzene rings is 15. The third-order valence-electron chi connectivity index (χ3n) is 20.9. The first-order valence-corrected chi connectivity index (χ1v) is 34.7. The maximum absolute atomic E-state index is 8.02. The highest BCUT2D eigenvalue weighted by molar-refractivity contribution is 7.02. The van der Waals surface area contributed by atoms with E-state index in [1.54, 1.807) is 0 Å². The van der Waals surface area contributed by atoms with Gasteiger partial charge in [-0.05, 0) is 164 Å². The number of hydrogen-bond acceptors (Lipinski definition) is 4. The Labute approximate surface area is 585 Å². The van der Waals surface area contributed by atoms with E-state index < -0.39 is 0 Å². The lowest BCUT2D eigenvalue weighted by Crippen LogP contribution is -2.63. The molecule has 0 unspecified atom stereocenters. The molecule has 15 aromatic carbocycles. The Morgan fingerprint density at radius 2 is 0.530 bits per heavy atom. The highest BCUT2D eigenvalue weighted by Gasteiger charge is 2.48. The quantitative estimate of drug-likeness (QED) is 0.127. The van der Waals surface area contributed by atoms with Crippen LogP contribution in [0.25, 0.3) is 89.0 Å². The van der Waals surface area contributed by atoms with E-state index in [-0.39, 0.29) is 13.4 Å². The van der Waals surface area contributed by atoms with Gasteiger partial charge in [0.25, 0.3) is 13.4 Å². The average molecular weight is 1280 g/mol. The molecule has 0 saturated heterocycles. The van der Waals surface area contributed by atoms with Gasteiger partial charge in [0, 0.05) is 51.1 Å². The first kappa shape index (κ1) is 58.9. The Morgan fingerprint density at radius 1 is 0.210 bits per heavy atom. The summed E-state index contributed by atoms with van der Waals surface area (Å²) in [6.45, 7) is 8.25. The van der Waals surface area contributed by atoms with Gasteiger partial charge in [-0.15, -0.1) is 0 Å². The van der Waals surface area contributed by atoms with Gasteiger partial charge in [0.05, 0.1) is 11.4 Å². The van der Waals surface area contributed by atoms with Gasteiger partial charge in [0.15, 0.2) is 0 Å². The summed E-state index contributed by atoms with van der Waals surface area (Å²) < 4.78 is 15.6. The lowest BCUT2D eigenvalue weighted by Gasteiger charge is -2.44. The van der Waals surface area contributed by atoms with Gasteiger partial charge in [0.1, 0.15) is 23.0 Å². The van der Waals surface area contributed by atoms with E-state index in [1.807, 2.05) is 0 Å². The molecular formula is C94H66B2N2O2. The molecule has 19 rings (SSSR count). The summed E-state index contributed by atoms with van der Waals surface area (Å²) >= 11 is 0. The van der Waals surface area contributed by atoms with Crippen LogP contribution in [0.3, 0.4) is 0 Å². The zero-order valence-corrected chi connectivity index (χ0v) is 56.0. The number of aryl methyl sites for hydroxylation is 4. The van der Waals surface area contributed by atoms with Crippen LogP contribution in [0.1, 0.15) is 22.3 Å². The number of para-hydroxylation sites is 2. The molecule has 100 heavy (non-hydrogen) atoms. The van der Waals surface area contributed by atoms with Gasteiger partial charge < -0.3 is 19.3 Å². The minimum atomic E-state index is -0.287. The van der Waals surface area contributed by atoms with Crippen LogP contribution < -0.4 is 52.1 Å². The minimum absolute atomic E-state index is 0.272. The Balaban J connectivity index is 0.941. The zero-order valence-electron chi connectivity index (χ0n) is 56.0. The number of nitrogens with zero attached hydrogens (tertiary/aromatic N) is 2. The molecule has 0 spiro atoms. The molecule has 0 amide bonds. The first-order chi connectivity index (χ1) is 49.2. The number of anilines is 6. The fourth-order valence-corrected chi connectivity index (χ4v) is 16.7. The highest BCUT2D eigenvalue weighted by atomic mass is 16.5. The van der Waals surface area contributed by atoms with Crippen molar-refractivity contribution >= 4 is 80.3 Å². The molecule has 0 bridgehead atoms. The molecule has 470 valence electrons. The highest BCUT2D eigenvalue weighted by Crippen LogP contribution is 2.54. The molecule has 6 heteroatoms. The van der Waals surface area contributed by atoms with Crippen LogP contribution in [-0.2, 0) is 0 Å². The second kappa shape index (κ2) is 23.7. The lowest BCUT2D eigenvalue weighted by molar-refractivity contribution is 0.487. The normalized spacial score (nSPS) is 12.7. The molecule has 0 atom stereocenters. The molecular weight excluding hydrogens is 1210 g/mol. The van der Waals surface area contributed by atoms with Crippen LogP contribution >= 0.6 is 0 Å². The summed E-state index contributed by atoms with van der Waals surface area (Å²) in [5.74, 6) is 3.31. The third-order valence-corrected chi connectivity index (χ3v) is 20.9. The van der Waals surface area contributed by atoms with Gasteiger partial charge in [0.2, 0.25) is 0 Å². The maximum Gasteiger partial charge on any atom is 0.256 e. The second-order valence-corrected chi connectivity index (χ2v) is 27.4. The van der Waals surface area contributed by atoms with Crippen molar-refractivity contribution in [2.45, 2.75) is 27.7 Å². The molecule has 4 aliphatic rings. The Hall–Kier alpha value is -12.4. The predicted molar refractivity (Wildman–Crippen MR) is 421 cm³/mol. The minimum Gasteiger partial charge on any atom is -0.458 e. The van der Waals surface area contributed by atoms with Crippen LogP contribution in [0.5, 0.6) is 23.0 Å². The fraction of sp³-hybridized carbons (Fsp3) is 0.0426. The van der Waals surface area contributed by atoms with E-state index in [1.165, 1.54) is 27.7 Å². The van der Waals surface area contributed by atoms with E-state index in [0.29, 0.717) is 0 Å². The summed E-state index contributed by atoms with van der Waals surface area (Å²) in [4.78, 5) is 5.18. The van der Waals surface area contributed by atoms with Crippen molar-refractivity contribution in [3.63, 3.8) is 0 Å². The van der Waals surface area contributed by atoms with Crippen molar-refractivity contribution in [1.29, 1.82) is 0 Å². The number of hydrogen-bond donors (Lipinski definition) is 0. The van der Waals surface area contributed by atoms with Gasteiger partial charge in [-0.2, -0.15) is 0 Å². The summed E-state index contributed by atoms with van der Waals surface area (Å²) in [5.41, 5.74) is 35.9. The molecule has 4 heterocycles. The number of ether oxygens (including phenoxy) is 2. The topological polar surface area (TPSA) is 24.9 Å². The molecule has 4 nitrogen and oxygen atoms in total. The zero-order chi connectivity index (χ0) is 66.7. The molecule has 4 aliphatic heterocycles. The van der Waals surface area contributed by atoms with Crippen molar-refractivity contribution in [1.82, 2.24) is 0 Å². The SMILES string of the molecule is Cc1cc(C)cc(-c2cc3c4c(c2)N(c2c(-c5ccccc5)cccc2-c2ccccc2)c2cc(-c5ccccc5)ccc2B4c2cc4c(cc2O3)N(c2c(-c3ccccc3)cccc2-c2ccccc2)c2cc(-c3cc(C)cc(C)c3)cc3c2B4c2ccc(-c4ccccc4)cc2O3)c1.